The number of aryl methyl sites for hydroxylation is 1. The molecule has 0 fully saturated rings. The van der Waals surface area contributed by atoms with Gasteiger partial charge in [0.1, 0.15) is 11.2 Å². The number of benzene rings is 1. The Labute approximate surface area is 178 Å². The van der Waals surface area contributed by atoms with E-state index in [1.807, 2.05) is 83.2 Å². The third kappa shape index (κ3) is 4.18. The van der Waals surface area contributed by atoms with Crippen molar-refractivity contribution in [2.75, 3.05) is 0 Å². The molecule has 1 heterocycles. The van der Waals surface area contributed by atoms with Gasteiger partial charge in [-0.25, -0.2) is 0 Å². The first kappa shape index (κ1) is 21.8. The van der Waals surface area contributed by atoms with Crippen molar-refractivity contribution in [2.24, 2.45) is 5.41 Å². The van der Waals surface area contributed by atoms with Crippen LogP contribution in [0.15, 0.2) is 76.8 Å². The summed E-state index contributed by atoms with van der Waals surface area (Å²) in [6.07, 6.45) is 6.82. The van der Waals surface area contributed by atoms with Crippen LogP contribution in [-0.4, -0.2) is 22.3 Å². The normalized spacial score (nSPS) is 22.5. The molecule has 0 bridgehead atoms. The van der Waals surface area contributed by atoms with Crippen molar-refractivity contribution in [3.63, 3.8) is 0 Å². The van der Waals surface area contributed by atoms with E-state index in [0.717, 1.165) is 11.1 Å². The molecule has 30 heavy (non-hydrogen) atoms. The number of hydrogen-bond acceptors (Lipinski definition) is 4. The third-order valence-electron chi connectivity index (χ3n) is 5.72. The standard InChI is InChI=1S/C26H30O4/c1-17(2)13-16-26(5)19-14-15-25(3,4)30-23(19)22(28)21(24(26)29)20(27)12-11-18-9-7-6-8-10-18/h6-10,13-15,28H,11-12,16H2,1-5H3/t26-/m0/s1. The predicted molar refractivity (Wildman–Crippen MR) is 118 cm³/mol. The van der Waals surface area contributed by atoms with Crippen molar-refractivity contribution >= 4 is 11.6 Å². The Balaban J connectivity index is 2.02. The molecule has 0 aromatic heterocycles. The smallest absolute Gasteiger partial charge is 0.181 e. The molecule has 1 aliphatic heterocycles. The molecule has 1 aliphatic carbocycles. The van der Waals surface area contributed by atoms with Gasteiger partial charge in [-0.1, -0.05) is 48.1 Å². The Morgan fingerprint density at radius 1 is 1.13 bits per heavy atom. The summed E-state index contributed by atoms with van der Waals surface area (Å²) < 4.78 is 6.04. The van der Waals surface area contributed by atoms with Crippen LogP contribution in [0.1, 0.15) is 53.0 Å². The van der Waals surface area contributed by atoms with Gasteiger partial charge in [0.2, 0.25) is 0 Å². The maximum Gasteiger partial charge on any atom is 0.181 e. The predicted octanol–water partition coefficient (Wildman–Crippen LogP) is 5.56. The van der Waals surface area contributed by atoms with Gasteiger partial charge < -0.3 is 9.84 Å². The van der Waals surface area contributed by atoms with Crippen LogP contribution < -0.4 is 0 Å². The SMILES string of the molecule is CC(C)=CC[C@]1(C)C(=O)C(C(=O)CCc2ccccc2)=C(O)C2=C1C=CC(C)(C)O2. The number of ether oxygens (including phenoxy) is 1. The van der Waals surface area contributed by atoms with Crippen LogP contribution in [-0.2, 0) is 20.7 Å². The second-order valence-corrected chi connectivity index (χ2v) is 9.06. The van der Waals surface area contributed by atoms with Gasteiger partial charge in [-0.05, 0) is 59.1 Å². The zero-order chi connectivity index (χ0) is 22.1. The first-order valence-corrected chi connectivity index (χ1v) is 10.4. The maximum absolute atomic E-state index is 13.5. The van der Waals surface area contributed by atoms with Gasteiger partial charge in [0.25, 0.3) is 0 Å². The molecule has 1 aromatic rings. The minimum absolute atomic E-state index is 0.138. The van der Waals surface area contributed by atoms with Crippen LogP contribution in [0.2, 0.25) is 0 Å². The van der Waals surface area contributed by atoms with Gasteiger partial charge in [-0.3, -0.25) is 9.59 Å². The van der Waals surface area contributed by atoms with Crippen LogP contribution in [0.3, 0.4) is 0 Å². The van der Waals surface area contributed by atoms with Gasteiger partial charge in [0.05, 0.1) is 5.41 Å². The van der Waals surface area contributed by atoms with E-state index in [2.05, 4.69) is 0 Å². The monoisotopic (exact) mass is 406 g/mol. The Hall–Kier alpha value is -2.88. The molecular weight excluding hydrogens is 376 g/mol. The summed E-state index contributed by atoms with van der Waals surface area (Å²) >= 11 is 0. The molecule has 0 unspecified atom stereocenters. The lowest BCUT2D eigenvalue weighted by Crippen LogP contribution is -2.41. The van der Waals surface area contributed by atoms with Crippen molar-refractivity contribution in [3.8, 4) is 0 Å². The van der Waals surface area contributed by atoms with Crippen molar-refractivity contribution in [3.05, 3.63) is 82.4 Å². The quantitative estimate of drug-likeness (QED) is 0.496. The molecule has 4 nitrogen and oxygen atoms in total. The summed E-state index contributed by atoms with van der Waals surface area (Å²) in [4.78, 5) is 26.7. The molecule has 158 valence electrons. The zero-order valence-electron chi connectivity index (χ0n) is 18.4. The number of carbonyl (C=O) groups is 2. The summed E-state index contributed by atoms with van der Waals surface area (Å²) in [6.45, 7) is 9.53. The zero-order valence-corrected chi connectivity index (χ0v) is 18.4. The fourth-order valence-electron chi connectivity index (χ4n) is 3.84. The Bertz CT molecular complexity index is 985. The van der Waals surface area contributed by atoms with Crippen LogP contribution in [0.25, 0.3) is 0 Å². The Morgan fingerprint density at radius 2 is 1.80 bits per heavy atom. The average molecular weight is 407 g/mol. The Kier molecular flexibility index (Phi) is 5.89. The number of allylic oxidation sites excluding steroid dienone is 5. The molecule has 0 saturated heterocycles. The number of carbonyl (C=O) groups excluding carboxylic acids is 2. The molecule has 3 rings (SSSR count). The van der Waals surface area contributed by atoms with Crippen LogP contribution in [0.5, 0.6) is 0 Å². The molecule has 1 N–H and O–H groups in total. The average Bonchev–Trinajstić information content (AvgIpc) is 2.69. The van der Waals surface area contributed by atoms with E-state index in [1.165, 1.54) is 0 Å². The van der Waals surface area contributed by atoms with E-state index in [-0.39, 0.29) is 35.1 Å². The summed E-state index contributed by atoms with van der Waals surface area (Å²) in [5.74, 6) is -0.787. The Morgan fingerprint density at radius 3 is 2.43 bits per heavy atom. The lowest BCUT2D eigenvalue weighted by atomic mass is 9.67. The number of ketones is 2. The first-order chi connectivity index (χ1) is 14.0. The van der Waals surface area contributed by atoms with Crippen molar-refractivity contribution < 1.29 is 19.4 Å². The lowest BCUT2D eigenvalue weighted by molar-refractivity contribution is -0.127. The summed E-state index contributed by atoms with van der Waals surface area (Å²) in [6, 6.07) is 9.64. The largest absolute Gasteiger partial charge is 0.504 e. The van der Waals surface area contributed by atoms with E-state index in [1.54, 1.807) is 0 Å². The fourth-order valence-corrected chi connectivity index (χ4v) is 3.84. The highest BCUT2D eigenvalue weighted by molar-refractivity contribution is 6.24. The third-order valence-corrected chi connectivity index (χ3v) is 5.72. The maximum atomic E-state index is 13.5. The van der Waals surface area contributed by atoms with E-state index >= 15 is 0 Å². The fraction of sp³-hybridized carbons (Fsp3) is 0.385. The number of aliphatic hydroxyl groups is 1. The summed E-state index contributed by atoms with van der Waals surface area (Å²) in [7, 11) is 0. The summed E-state index contributed by atoms with van der Waals surface area (Å²) in [5, 5.41) is 10.9. The van der Waals surface area contributed by atoms with Gasteiger partial charge in [0, 0.05) is 12.0 Å². The summed E-state index contributed by atoms with van der Waals surface area (Å²) in [5.41, 5.74) is 0.982. The molecule has 2 aliphatic rings. The van der Waals surface area contributed by atoms with Gasteiger partial charge in [-0.15, -0.1) is 0 Å². The number of aliphatic hydroxyl groups excluding tert-OH is 1. The van der Waals surface area contributed by atoms with Crippen molar-refractivity contribution in [1.82, 2.24) is 0 Å². The second kappa shape index (κ2) is 8.10. The number of hydrogen-bond donors (Lipinski definition) is 1. The minimum Gasteiger partial charge on any atom is -0.504 e. The van der Waals surface area contributed by atoms with Crippen LogP contribution in [0.4, 0.5) is 0 Å². The first-order valence-electron chi connectivity index (χ1n) is 10.4. The van der Waals surface area contributed by atoms with Crippen LogP contribution in [0, 0.1) is 5.41 Å². The van der Waals surface area contributed by atoms with E-state index in [4.69, 9.17) is 4.74 Å². The van der Waals surface area contributed by atoms with Crippen molar-refractivity contribution in [2.45, 2.75) is 59.5 Å². The lowest BCUT2D eigenvalue weighted by Gasteiger charge is -2.40. The topological polar surface area (TPSA) is 63.6 Å². The molecule has 1 atom stereocenters. The minimum atomic E-state index is -0.969. The van der Waals surface area contributed by atoms with E-state index < -0.39 is 11.0 Å². The second-order valence-electron chi connectivity index (χ2n) is 9.06. The van der Waals surface area contributed by atoms with Crippen molar-refractivity contribution in [1.29, 1.82) is 0 Å². The molecule has 0 amide bonds. The molecule has 4 heteroatoms. The highest BCUT2D eigenvalue weighted by Gasteiger charge is 2.49. The van der Waals surface area contributed by atoms with Gasteiger partial charge in [0.15, 0.2) is 23.1 Å². The van der Waals surface area contributed by atoms with E-state index in [9.17, 15) is 14.7 Å². The number of rotatable bonds is 6. The highest BCUT2D eigenvalue weighted by atomic mass is 16.5. The molecule has 0 spiro atoms. The van der Waals surface area contributed by atoms with E-state index in [0.29, 0.717) is 18.4 Å². The highest BCUT2D eigenvalue weighted by Crippen LogP contribution is 2.47. The molecule has 1 aromatic carbocycles. The van der Waals surface area contributed by atoms with Crippen LogP contribution >= 0.6 is 0 Å². The molecule has 0 radical (unpaired) electrons. The number of Topliss-reactive ketones (excluding diaryl/α,β-unsaturated/α-hetero) is 2. The molecule has 0 saturated carbocycles. The molecular formula is C26H30O4. The van der Waals surface area contributed by atoms with Gasteiger partial charge in [-0.2, -0.15) is 0 Å². The van der Waals surface area contributed by atoms with Gasteiger partial charge >= 0.3 is 0 Å².